The van der Waals surface area contributed by atoms with Crippen molar-refractivity contribution in [2.75, 3.05) is 5.32 Å². The Bertz CT molecular complexity index is 801. The van der Waals surface area contributed by atoms with Gasteiger partial charge in [0.05, 0.1) is 21.3 Å². The summed E-state index contributed by atoms with van der Waals surface area (Å²) in [4.78, 5) is 24.0. The van der Waals surface area contributed by atoms with Crippen molar-refractivity contribution < 1.29 is 22.8 Å². The van der Waals surface area contributed by atoms with E-state index >= 15 is 0 Å². The average Bonchev–Trinajstić information content (AvgIpc) is 2.49. The Morgan fingerprint density at radius 2 is 1.80 bits per heavy atom. The number of anilines is 1. The second-order valence-corrected chi connectivity index (χ2v) is 6.40. The first-order chi connectivity index (χ1) is 11.8. The number of thioether (sulfide) groups is 1. The Kier molecular flexibility index (Phi) is 6.57. The highest BCUT2D eigenvalue weighted by atomic mass is 35.5. The van der Waals surface area contributed by atoms with Crippen LogP contribution in [0.25, 0.3) is 0 Å². The molecule has 0 bridgehead atoms. The third-order valence-corrected chi connectivity index (χ3v) is 4.16. The van der Waals surface area contributed by atoms with Crippen molar-refractivity contribution in [3.8, 4) is 0 Å². The van der Waals surface area contributed by atoms with Gasteiger partial charge in [0.25, 0.3) is 11.7 Å². The van der Waals surface area contributed by atoms with E-state index in [0.29, 0.717) is 11.8 Å². The van der Waals surface area contributed by atoms with Crippen LogP contribution in [0.2, 0.25) is 10.0 Å². The van der Waals surface area contributed by atoms with Crippen molar-refractivity contribution in [2.45, 2.75) is 10.7 Å². The van der Waals surface area contributed by atoms with Gasteiger partial charge >= 0.3 is 6.03 Å². The summed E-state index contributed by atoms with van der Waals surface area (Å²) >= 11 is 11.9. The van der Waals surface area contributed by atoms with Gasteiger partial charge in [0.15, 0.2) is 0 Å². The smallest absolute Gasteiger partial charge is 0.306 e. The highest BCUT2D eigenvalue weighted by Crippen LogP contribution is 2.31. The molecule has 0 aliphatic rings. The molecule has 2 rings (SSSR count). The fourth-order valence-electron chi connectivity index (χ4n) is 1.81. The number of hydrogen-bond acceptors (Lipinski definition) is 3. The van der Waals surface area contributed by atoms with E-state index in [0.717, 1.165) is 6.07 Å². The molecule has 2 N–H and O–H groups in total. The third-order valence-electron chi connectivity index (χ3n) is 2.83. The summed E-state index contributed by atoms with van der Waals surface area (Å²) in [5.74, 6) is -4.54. The lowest BCUT2D eigenvalue weighted by Gasteiger charge is -2.10. The van der Waals surface area contributed by atoms with Gasteiger partial charge in [-0.1, -0.05) is 41.0 Å². The van der Waals surface area contributed by atoms with E-state index in [1.54, 1.807) is 0 Å². The van der Waals surface area contributed by atoms with E-state index in [4.69, 9.17) is 23.2 Å². The van der Waals surface area contributed by atoms with E-state index in [2.05, 4.69) is 5.32 Å². The molecule has 0 aromatic heterocycles. The summed E-state index contributed by atoms with van der Waals surface area (Å²) in [7, 11) is 0. The van der Waals surface area contributed by atoms with Crippen molar-refractivity contribution in [1.29, 1.82) is 0 Å². The summed E-state index contributed by atoms with van der Waals surface area (Å²) in [6.45, 7) is 0. The minimum Gasteiger partial charge on any atom is -0.306 e. The Morgan fingerprint density at radius 3 is 2.40 bits per heavy atom. The van der Waals surface area contributed by atoms with Crippen LogP contribution in [0.15, 0.2) is 41.3 Å². The minimum absolute atomic E-state index is 0.00262. The van der Waals surface area contributed by atoms with Crippen LogP contribution in [0.4, 0.5) is 23.7 Å². The van der Waals surface area contributed by atoms with Crippen molar-refractivity contribution in [1.82, 2.24) is 5.32 Å². The molecule has 0 radical (unpaired) electrons. The summed E-state index contributed by atoms with van der Waals surface area (Å²) in [6, 6.07) is 6.51. The van der Waals surface area contributed by atoms with E-state index in [1.807, 2.05) is 5.32 Å². The first kappa shape index (κ1) is 19.4. The van der Waals surface area contributed by atoms with Gasteiger partial charge in [-0.25, -0.2) is 9.18 Å². The van der Waals surface area contributed by atoms with E-state index in [1.165, 1.54) is 30.3 Å². The second kappa shape index (κ2) is 8.46. The molecule has 0 spiro atoms. The Balaban J connectivity index is 2.06. The van der Waals surface area contributed by atoms with E-state index in [-0.39, 0.29) is 20.6 Å². The molecule has 0 aliphatic heterocycles. The van der Waals surface area contributed by atoms with Gasteiger partial charge in [0.2, 0.25) is 0 Å². The van der Waals surface area contributed by atoms with Crippen LogP contribution >= 0.6 is 35.0 Å². The molecule has 0 atom stereocenters. The van der Waals surface area contributed by atoms with Gasteiger partial charge in [0, 0.05) is 4.90 Å². The topological polar surface area (TPSA) is 58.2 Å². The quantitative estimate of drug-likeness (QED) is 0.664. The monoisotopic (exact) mass is 408 g/mol. The van der Waals surface area contributed by atoms with Gasteiger partial charge in [-0.15, -0.1) is 0 Å². The Labute approximate surface area is 154 Å². The molecule has 10 heteroatoms. The molecule has 4 nitrogen and oxygen atoms in total. The zero-order valence-electron chi connectivity index (χ0n) is 12.2. The standard InChI is InChI=1S/C15H9Cl2F3N2O2S/c16-8-2-1-3-10(18)12(8)13(23)22-15(24)21-11-5-4-7(6-9(11)17)25-14(19)20/h1-6,14H,(H2,21,22,23,24). The highest BCUT2D eigenvalue weighted by Gasteiger charge is 2.18. The molecule has 0 heterocycles. The first-order valence-corrected chi connectivity index (χ1v) is 8.22. The van der Waals surface area contributed by atoms with Crippen LogP contribution in [0, 0.1) is 5.82 Å². The molecular formula is C15H9Cl2F3N2O2S. The molecule has 132 valence electrons. The summed E-state index contributed by atoms with van der Waals surface area (Å²) < 4.78 is 38.2. The van der Waals surface area contributed by atoms with Crippen molar-refractivity contribution in [3.05, 3.63) is 57.8 Å². The molecule has 0 fully saturated rings. The Hall–Kier alpha value is -1.90. The van der Waals surface area contributed by atoms with Gasteiger partial charge in [-0.05, 0) is 30.3 Å². The van der Waals surface area contributed by atoms with Crippen LogP contribution in [0.5, 0.6) is 0 Å². The Morgan fingerprint density at radius 1 is 1.08 bits per heavy atom. The van der Waals surface area contributed by atoms with Crippen molar-refractivity contribution in [3.63, 3.8) is 0 Å². The summed E-state index contributed by atoms with van der Waals surface area (Å²) in [5, 5.41) is 4.01. The lowest BCUT2D eigenvalue weighted by atomic mass is 10.2. The van der Waals surface area contributed by atoms with Crippen molar-refractivity contribution in [2.24, 2.45) is 0 Å². The molecule has 2 aromatic rings. The third kappa shape index (κ3) is 5.29. The number of imide groups is 1. The maximum Gasteiger partial charge on any atom is 0.326 e. The lowest BCUT2D eigenvalue weighted by Crippen LogP contribution is -2.35. The molecule has 0 saturated carbocycles. The summed E-state index contributed by atoms with van der Waals surface area (Å²) in [6.07, 6.45) is 0. The maximum absolute atomic E-state index is 13.6. The first-order valence-electron chi connectivity index (χ1n) is 6.58. The number of rotatable bonds is 4. The predicted octanol–water partition coefficient (Wildman–Crippen LogP) is 5.41. The number of carbonyl (C=O) groups excluding carboxylic acids is 2. The normalized spacial score (nSPS) is 10.6. The highest BCUT2D eigenvalue weighted by molar-refractivity contribution is 7.99. The SMILES string of the molecule is O=C(NC(=O)c1c(F)cccc1Cl)Nc1ccc(SC(F)F)cc1Cl. The number of benzene rings is 2. The molecule has 3 amide bonds. The molecule has 0 saturated heterocycles. The molecular weight excluding hydrogens is 400 g/mol. The van der Waals surface area contributed by atoms with E-state index in [9.17, 15) is 22.8 Å². The molecule has 0 aliphatic carbocycles. The van der Waals surface area contributed by atoms with Crippen LogP contribution in [-0.4, -0.2) is 17.7 Å². The van der Waals surface area contributed by atoms with E-state index < -0.39 is 29.1 Å². The number of amides is 3. The second-order valence-electron chi connectivity index (χ2n) is 4.53. The van der Waals surface area contributed by atoms with Gasteiger partial charge in [-0.3, -0.25) is 10.1 Å². The number of alkyl halides is 2. The fraction of sp³-hybridized carbons (Fsp3) is 0.0667. The van der Waals surface area contributed by atoms with Crippen LogP contribution < -0.4 is 10.6 Å². The number of halogens is 5. The zero-order valence-corrected chi connectivity index (χ0v) is 14.5. The minimum atomic E-state index is -2.61. The van der Waals surface area contributed by atoms with Crippen LogP contribution in [-0.2, 0) is 0 Å². The molecule has 0 unspecified atom stereocenters. The predicted molar refractivity (Wildman–Crippen MR) is 91.2 cm³/mol. The largest absolute Gasteiger partial charge is 0.326 e. The maximum atomic E-state index is 13.6. The lowest BCUT2D eigenvalue weighted by molar-refractivity contribution is 0.0963. The zero-order chi connectivity index (χ0) is 18.6. The number of urea groups is 1. The average molecular weight is 409 g/mol. The van der Waals surface area contributed by atoms with Crippen LogP contribution in [0.3, 0.4) is 0 Å². The number of hydrogen-bond donors (Lipinski definition) is 2. The van der Waals surface area contributed by atoms with Crippen molar-refractivity contribution >= 4 is 52.6 Å². The van der Waals surface area contributed by atoms with Gasteiger partial charge in [0.1, 0.15) is 5.82 Å². The summed E-state index contributed by atoms with van der Waals surface area (Å²) in [5.41, 5.74) is -0.390. The number of carbonyl (C=O) groups is 2. The van der Waals surface area contributed by atoms with Crippen LogP contribution in [0.1, 0.15) is 10.4 Å². The van der Waals surface area contributed by atoms with Gasteiger partial charge in [-0.2, -0.15) is 8.78 Å². The molecule has 2 aromatic carbocycles. The van der Waals surface area contributed by atoms with Gasteiger partial charge < -0.3 is 5.32 Å². The fourth-order valence-corrected chi connectivity index (χ4v) is 2.89. The molecule has 25 heavy (non-hydrogen) atoms. The number of nitrogens with one attached hydrogen (secondary N) is 2.